The summed E-state index contributed by atoms with van der Waals surface area (Å²) in [6, 6.07) is 9.70. The standard InChI is InChI=1S/C24H27FN2O6/c1-16-4-3-11-27(13-16)23(29)15-33-24(30)17-5-10-20(21(12-17)31-2)32-14-22(28)26-19-8-6-18(25)7-9-19/h5-10,12,16H,3-4,11,13-15H2,1-2H3,(H,26,28)/t16-/m0/s1. The van der Waals surface area contributed by atoms with Gasteiger partial charge in [0.1, 0.15) is 5.82 Å². The van der Waals surface area contributed by atoms with E-state index in [2.05, 4.69) is 12.2 Å². The number of anilines is 1. The summed E-state index contributed by atoms with van der Waals surface area (Å²) in [5.74, 6) is -0.804. The number of hydrogen-bond acceptors (Lipinski definition) is 6. The molecule has 1 N–H and O–H groups in total. The van der Waals surface area contributed by atoms with Crippen LogP contribution in [0.5, 0.6) is 11.5 Å². The average molecular weight is 458 g/mol. The third-order valence-corrected chi connectivity index (χ3v) is 5.22. The van der Waals surface area contributed by atoms with Gasteiger partial charge in [0.25, 0.3) is 11.8 Å². The van der Waals surface area contributed by atoms with Crippen molar-refractivity contribution in [3.8, 4) is 11.5 Å². The second-order valence-corrected chi connectivity index (χ2v) is 7.87. The molecule has 0 saturated carbocycles. The molecule has 33 heavy (non-hydrogen) atoms. The van der Waals surface area contributed by atoms with Crippen molar-refractivity contribution in [2.24, 2.45) is 5.92 Å². The summed E-state index contributed by atoms with van der Waals surface area (Å²) < 4.78 is 28.9. The van der Waals surface area contributed by atoms with Gasteiger partial charge in [0, 0.05) is 18.8 Å². The van der Waals surface area contributed by atoms with Crippen LogP contribution in [-0.4, -0.2) is 56.1 Å². The molecule has 0 spiro atoms. The predicted molar refractivity (Wildman–Crippen MR) is 119 cm³/mol. The molecule has 9 heteroatoms. The van der Waals surface area contributed by atoms with Gasteiger partial charge >= 0.3 is 5.97 Å². The molecule has 3 rings (SSSR count). The molecule has 2 amide bonds. The Morgan fingerprint density at radius 1 is 1.09 bits per heavy atom. The zero-order valence-corrected chi connectivity index (χ0v) is 18.6. The molecule has 2 aromatic carbocycles. The quantitative estimate of drug-likeness (QED) is 0.611. The number of piperidine rings is 1. The normalized spacial score (nSPS) is 15.5. The van der Waals surface area contributed by atoms with Crippen molar-refractivity contribution in [1.82, 2.24) is 4.90 Å². The van der Waals surface area contributed by atoms with Crippen LogP contribution < -0.4 is 14.8 Å². The predicted octanol–water partition coefficient (Wildman–Crippen LogP) is 3.27. The highest BCUT2D eigenvalue weighted by atomic mass is 19.1. The molecule has 0 aromatic heterocycles. The Hall–Kier alpha value is -3.62. The molecule has 1 saturated heterocycles. The number of rotatable bonds is 8. The smallest absolute Gasteiger partial charge is 0.338 e. The van der Waals surface area contributed by atoms with Gasteiger partial charge in [-0.3, -0.25) is 9.59 Å². The minimum atomic E-state index is -0.660. The summed E-state index contributed by atoms with van der Waals surface area (Å²) in [4.78, 5) is 38.5. The summed E-state index contributed by atoms with van der Waals surface area (Å²) in [5.41, 5.74) is 0.624. The number of hydrogen-bond donors (Lipinski definition) is 1. The first kappa shape index (κ1) is 24.0. The Bertz CT molecular complexity index is 995. The van der Waals surface area contributed by atoms with Gasteiger partial charge in [-0.1, -0.05) is 6.92 Å². The van der Waals surface area contributed by atoms with Crippen LogP contribution in [0.15, 0.2) is 42.5 Å². The van der Waals surface area contributed by atoms with Gasteiger partial charge in [-0.25, -0.2) is 9.18 Å². The Morgan fingerprint density at radius 3 is 2.55 bits per heavy atom. The monoisotopic (exact) mass is 458 g/mol. The number of halogens is 1. The lowest BCUT2D eigenvalue weighted by atomic mass is 10.0. The van der Waals surface area contributed by atoms with Gasteiger partial charge in [-0.05, 0) is 61.2 Å². The van der Waals surface area contributed by atoms with Crippen LogP contribution in [0.1, 0.15) is 30.1 Å². The van der Waals surface area contributed by atoms with Gasteiger partial charge in [-0.15, -0.1) is 0 Å². The van der Waals surface area contributed by atoms with Crippen molar-refractivity contribution in [3.05, 3.63) is 53.8 Å². The van der Waals surface area contributed by atoms with E-state index < -0.39 is 17.7 Å². The molecule has 176 valence electrons. The molecule has 0 unspecified atom stereocenters. The Morgan fingerprint density at radius 2 is 1.85 bits per heavy atom. The Kier molecular flexibility index (Phi) is 8.23. The molecule has 1 aliphatic heterocycles. The maximum Gasteiger partial charge on any atom is 0.338 e. The van der Waals surface area contributed by atoms with E-state index in [-0.39, 0.29) is 36.2 Å². The minimum absolute atomic E-state index is 0.190. The lowest BCUT2D eigenvalue weighted by molar-refractivity contribution is -0.136. The van der Waals surface area contributed by atoms with Crippen LogP contribution in [0.25, 0.3) is 0 Å². The summed E-state index contributed by atoms with van der Waals surface area (Å²) in [5, 5.41) is 2.58. The number of benzene rings is 2. The first-order chi connectivity index (χ1) is 15.9. The number of likely N-dealkylation sites (tertiary alicyclic amines) is 1. The lowest BCUT2D eigenvalue weighted by Gasteiger charge is -2.30. The highest BCUT2D eigenvalue weighted by Crippen LogP contribution is 2.28. The lowest BCUT2D eigenvalue weighted by Crippen LogP contribution is -2.41. The van der Waals surface area contributed by atoms with Crippen molar-refractivity contribution in [1.29, 1.82) is 0 Å². The van der Waals surface area contributed by atoms with Crippen molar-refractivity contribution in [3.63, 3.8) is 0 Å². The van der Waals surface area contributed by atoms with Crippen molar-refractivity contribution in [2.45, 2.75) is 19.8 Å². The molecule has 0 aliphatic carbocycles. The minimum Gasteiger partial charge on any atom is -0.493 e. The molecule has 0 bridgehead atoms. The second-order valence-electron chi connectivity index (χ2n) is 7.87. The average Bonchev–Trinajstić information content (AvgIpc) is 2.82. The number of esters is 1. The number of amides is 2. The topological polar surface area (TPSA) is 94.2 Å². The summed E-state index contributed by atoms with van der Waals surface area (Å²) >= 11 is 0. The first-order valence-corrected chi connectivity index (χ1v) is 10.7. The summed E-state index contributed by atoms with van der Waals surface area (Å²) in [6.07, 6.45) is 2.03. The van der Waals surface area contributed by atoms with Gasteiger partial charge in [0.15, 0.2) is 24.7 Å². The molecule has 0 radical (unpaired) electrons. The number of carbonyl (C=O) groups is 3. The summed E-state index contributed by atoms with van der Waals surface area (Å²) in [6.45, 7) is 2.80. The summed E-state index contributed by atoms with van der Waals surface area (Å²) in [7, 11) is 1.40. The van der Waals surface area contributed by atoms with Crippen LogP contribution in [-0.2, 0) is 14.3 Å². The van der Waals surface area contributed by atoms with Gasteiger partial charge in [-0.2, -0.15) is 0 Å². The van der Waals surface area contributed by atoms with E-state index in [0.29, 0.717) is 24.7 Å². The van der Waals surface area contributed by atoms with Crippen LogP contribution >= 0.6 is 0 Å². The second kappa shape index (κ2) is 11.3. The molecule has 1 fully saturated rings. The molecule has 1 aliphatic rings. The Labute approximate surface area is 191 Å². The third-order valence-electron chi connectivity index (χ3n) is 5.22. The highest BCUT2D eigenvalue weighted by Gasteiger charge is 2.22. The van der Waals surface area contributed by atoms with Crippen molar-refractivity contribution in [2.75, 3.05) is 38.7 Å². The number of carbonyl (C=O) groups excluding carboxylic acids is 3. The number of nitrogens with one attached hydrogen (secondary N) is 1. The Balaban J connectivity index is 1.52. The number of nitrogens with zero attached hydrogens (tertiary/aromatic N) is 1. The van der Waals surface area contributed by atoms with Gasteiger partial charge in [0.05, 0.1) is 12.7 Å². The maximum atomic E-state index is 13.0. The van der Waals surface area contributed by atoms with E-state index in [4.69, 9.17) is 14.2 Å². The molecule has 2 aromatic rings. The third kappa shape index (κ3) is 6.93. The van der Waals surface area contributed by atoms with Crippen molar-refractivity contribution >= 4 is 23.5 Å². The molecule has 1 heterocycles. The molecule has 8 nitrogen and oxygen atoms in total. The largest absolute Gasteiger partial charge is 0.493 e. The highest BCUT2D eigenvalue weighted by molar-refractivity contribution is 5.93. The number of methoxy groups -OCH3 is 1. The molecule has 1 atom stereocenters. The van der Waals surface area contributed by atoms with Crippen LogP contribution in [0, 0.1) is 11.7 Å². The fraction of sp³-hybridized carbons (Fsp3) is 0.375. The maximum absolute atomic E-state index is 13.0. The molecular formula is C24H27FN2O6. The van der Waals surface area contributed by atoms with E-state index in [1.165, 1.54) is 49.6 Å². The van der Waals surface area contributed by atoms with E-state index in [0.717, 1.165) is 12.8 Å². The van der Waals surface area contributed by atoms with E-state index >= 15 is 0 Å². The van der Waals surface area contributed by atoms with Crippen LogP contribution in [0.2, 0.25) is 0 Å². The van der Waals surface area contributed by atoms with Crippen LogP contribution in [0.4, 0.5) is 10.1 Å². The van der Waals surface area contributed by atoms with E-state index in [1.54, 1.807) is 4.90 Å². The van der Waals surface area contributed by atoms with Crippen molar-refractivity contribution < 1.29 is 33.0 Å². The van der Waals surface area contributed by atoms with Gasteiger partial charge < -0.3 is 24.4 Å². The first-order valence-electron chi connectivity index (χ1n) is 10.7. The zero-order chi connectivity index (χ0) is 23.8. The van der Waals surface area contributed by atoms with E-state index in [9.17, 15) is 18.8 Å². The number of ether oxygens (including phenoxy) is 3. The SMILES string of the molecule is COc1cc(C(=O)OCC(=O)N2CCC[C@H](C)C2)ccc1OCC(=O)Nc1ccc(F)cc1. The zero-order valence-electron chi connectivity index (χ0n) is 18.6. The molecular weight excluding hydrogens is 431 g/mol. The fourth-order valence-corrected chi connectivity index (χ4v) is 3.51. The van der Waals surface area contributed by atoms with Crippen LogP contribution in [0.3, 0.4) is 0 Å². The fourth-order valence-electron chi connectivity index (χ4n) is 3.51. The van der Waals surface area contributed by atoms with E-state index in [1.807, 2.05) is 0 Å². The van der Waals surface area contributed by atoms with Gasteiger partial charge in [0.2, 0.25) is 0 Å².